The molecule has 1 heterocycles. The molecule has 0 unspecified atom stereocenters. The van der Waals surface area contributed by atoms with Crippen LogP contribution in [-0.4, -0.2) is 22.6 Å². The molecule has 0 aliphatic heterocycles. The molecule has 1 aromatic heterocycles. The predicted octanol–water partition coefficient (Wildman–Crippen LogP) is 1.16. The van der Waals surface area contributed by atoms with Crippen molar-refractivity contribution in [1.29, 1.82) is 5.26 Å². The lowest BCUT2D eigenvalue weighted by molar-refractivity contribution is 0.0947. The zero-order chi connectivity index (χ0) is 11.1. The van der Waals surface area contributed by atoms with E-state index in [1.165, 1.54) is 12.1 Å². The SMILES string of the molecule is N#CCCCNC(=O)c1ccc(Cl)nn1. The number of nitrogens with one attached hydrogen (secondary N) is 1. The Morgan fingerprint density at radius 3 is 2.93 bits per heavy atom. The monoisotopic (exact) mass is 224 g/mol. The van der Waals surface area contributed by atoms with Gasteiger partial charge in [-0.15, -0.1) is 10.2 Å². The van der Waals surface area contributed by atoms with E-state index in [4.69, 9.17) is 16.9 Å². The maximum atomic E-state index is 11.4. The van der Waals surface area contributed by atoms with Crippen LogP contribution in [0.5, 0.6) is 0 Å². The van der Waals surface area contributed by atoms with E-state index in [9.17, 15) is 4.79 Å². The van der Waals surface area contributed by atoms with Crippen molar-refractivity contribution < 1.29 is 4.79 Å². The molecule has 5 nitrogen and oxygen atoms in total. The molecule has 0 saturated heterocycles. The first-order chi connectivity index (χ1) is 7.24. The number of hydrogen-bond acceptors (Lipinski definition) is 4. The van der Waals surface area contributed by atoms with Crippen LogP contribution in [0, 0.1) is 11.3 Å². The average molecular weight is 225 g/mol. The second kappa shape index (κ2) is 5.94. The summed E-state index contributed by atoms with van der Waals surface area (Å²) >= 11 is 5.52. The average Bonchev–Trinajstić information content (AvgIpc) is 2.25. The van der Waals surface area contributed by atoms with Gasteiger partial charge < -0.3 is 5.32 Å². The largest absolute Gasteiger partial charge is 0.351 e. The van der Waals surface area contributed by atoms with E-state index in [-0.39, 0.29) is 16.8 Å². The van der Waals surface area contributed by atoms with Crippen LogP contribution in [0.25, 0.3) is 0 Å². The molecule has 0 fully saturated rings. The number of carbonyl (C=O) groups excluding carboxylic acids is 1. The highest BCUT2D eigenvalue weighted by Gasteiger charge is 2.06. The van der Waals surface area contributed by atoms with Crippen LogP contribution in [0.2, 0.25) is 5.15 Å². The van der Waals surface area contributed by atoms with Crippen LogP contribution in [0.3, 0.4) is 0 Å². The van der Waals surface area contributed by atoms with E-state index in [1.807, 2.05) is 6.07 Å². The maximum absolute atomic E-state index is 11.4. The van der Waals surface area contributed by atoms with Crippen molar-refractivity contribution in [1.82, 2.24) is 15.5 Å². The molecule has 0 atom stereocenters. The van der Waals surface area contributed by atoms with Crippen molar-refractivity contribution in [2.45, 2.75) is 12.8 Å². The minimum Gasteiger partial charge on any atom is -0.351 e. The van der Waals surface area contributed by atoms with Crippen LogP contribution < -0.4 is 5.32 Å². The van der Waals surface area contributed by atoms with Crippen molar-refractivity contribution in [2.24, 2.45) is 0 Å². The van der Waals surface area contributed by atoms with Gasteiger partial charge in [0.1, 0.15) is 0 Å². The number of nitriles is 1. The lowest BCUT2D eigenvalue weighted by Crippen LogP contribution is -2.25. The van der Waals surface area contributed by atoms with Gasteiger partial charge in [-0.05, 0) is 18.6 Å². The molecule has 0 bridgehead atoms. The molecule has 0 aromatic carbocycles. The molecule has 0 aliphatic rings. The topological polar surface area (TPSA) is 78.7 Å². The minimum atomic E-state index is -0.308. The molecule has 0 saturated carbocycles. The molecule has 78 valence electrons. The van der Waals surface area contributed by atoms with E-state index >= 15 is 0 Å². The van der Waals surface area contributed by atoms with Gasteiger partial charge in [0.2, 0.25) is 0 Å². The van der Waals surface area contributed by atoms with Crippen LogP contribution in [-0.2, 0) is 0 Å². The predicted molar refractivity (Wildman–Crippen MR) is 54.2 cm³/mol. The second-order valence-electron chi connectivity index (χ2n) is 2.76. The summed E-state index contributed by atoms with van der Waals surface area (Å²) in [5.41, 5.74) is 0.219. The van der Waals surface area contributed by atoms with Crippen molar-refractivity contribution in [2.75, 3.05) is 6.54 Å². The number of amides is 1. The second-order valence-corrected chi connectivity index (χ2v) is 3.15. The van der Waals surface area contributed by atoms with E-state index in [1.54, 1.807) is 0 Å². The van der Waals surface area contributed by atoms with Gasteiger partial charge >= 0.3 is 0 Å². The van der Waals surface area contributed by atoms with Crippen molar-refractivity contribution in [3.8, 4) is 6.07 Å². The minimum absolute atomic E-state index is 0.219. The quantitative estimate of drug-likeness (QED) is 0.779. The summed E-state index contributed by atoms with van der Waals surface area (Å²) in [5.74, 6) is -0.308. The summed E-state index contributed by atoms with van der Waals surface area (Å²) in [4.78, 5) is 11.4. The van der Waals surface area contributed by atoms with Gasteiger partial charge in [0, 0.05) is 13.0 Å². The zero-order valence-electron chi connectivity index (χ0n) is 7.90. The lowest BCUT2D eigenvalue weighted by atomic mass is 10.3. The molecular weight excluding hydrogens is 216 g/mol. The summed E-state index contributed by atoms with van der Waals surface area (Å²) in [6.45, 7) is 0.455. The Kier molecular flexibility index (Phi) is 4.51. The Labute approximate surface area is 92.1 Å². The first-order valence-electron chi connectivity index (χ1n) is 4.38. The Bertz CT molecular complexity index is 371. The van der Waals surface area contributed by atoms with Crippen LogP contribution >= 0.6 is 11.6 Å². The van der Waals surface area contributed by atoms with Crippen molar-refractivity contribution in [3.05, 3.63) is 23.0 Å². The van der Waals surface area contributed by atoms with Crippen LogP contribution in [0.15, 0.2) is 12.1 Å². The summed E-state index contributed by atoms with van der Waals surface area (Å²) in [5, 5.41) is 18.3. The Morgan fingerprint density at radius 1 is 1.53 bits per heavy atom. The molecule has 6 heteroatoms. The van der Waals surface area contributed by atoms with Crippen LogP contribution in [0.4, 0.5) is 0 Å². The summed E-state index contributed by atoms with van der Waals surface area (Å²) in [6, 6.07) is 4.99. The maximum Gasteiger partial charge on any atom is 0.271 e. The van der Waals surface area contributed by atoms with Gasteiger partial charge in [-0.25, -0.2) is 0 Å². The normalized spacial score (nSPS) is 9.33. The highest BCUT2D eigenvalue weighted by molar-refractivity contribution is 6.29. The fourth-order valence-electron chi connectivity index (χ4n) is 0.897. The molecule has 0 spiro atoms. The Balaban J connectivity index is 2.41. The summed E-state index contributed by atoms with van der Waals surface area (Å²) < 4.78 is 0. The van der Waals surface area contributed by atoms with E-state index < -0.39 is 0 Å². The van der Waals surface area contributed by atoms with E-state index in [2.05, 4.69) is 15.5 Å². The zero-order valence-corrected chi connectivity index (χ0v) is 8.66. The molecule has 1 amide bonds. The number of unbranched alkanes of at least 4 members (excludes halogenated alkanes) is 1. The number of carbonyl (C=O) groups is 1. The third kappa shape index (κ3) is 3.92. The molecule has 15 heavy (non-hydrogen) atoms. The van der Waals surface area contributed by atoms with Gasteiger partial charge in [-0.2, -0.15) is 5.26 Å². The molecular formula is C9H9ClN4O. The molecule has 1 N–H and O–H groups in total. The standard InChI is InChI=1S/C9H9ClN4O/c10-8-4-3-7(13-14-8)9(15)12-6-2-1-5-11/h3-4H,1-2,6H2,(H,12,15). The molecule has 1 rings (SSSR count). The first-order valence-corrected chi connectivity index (χ1v) is 4.76. The highest BCUT2D eigenvalue weighted by atomic mass is 35.5. The third-order valence-corrected chi connectivity index (χ3v) is 1.82. The number of hydrogen-bond donors (Lipinski definition) is 1. The highest BCUT2D eigenvalue weighted by Crippen LogP contribution is 2.01. The number of rotatable bonds is 4. The molecule has 1 aromatic rings. The van der Waals surface area contributed by atoms with Gasteiger partial charge in [-0.3, -0.25) is 4.79 Å². The summed E-state index contributed by atoms with van der Waals surface area (Å²) in [6.07, 6.45) is 1.05. The van der Waals surface area contributed by atoms with E-state index in [0.29, 0.717) is 19.4 Å². The van der Waals surface area contributed by atoms with Gasteiger partial charge in [0.15, 0.2) is 10.8 Å². The number of nitrogens with zero attached hydrogens (tertiary/aromatic N) is 3. The Hall–Kier alpha value is -1.67. The van der Waals surface area contributed by atoms with E-state index in [0.717, 1.165) is 0 Å². The lowest BCUT2D eigenvalue weighted by Gasteiger charge is -2.01. The van der Waals surface area contributed by atoms with Gasteiger partial charge in [0.25, 0.3) is 5.91 Å². The van der Waals surface area contributed by atoms with Crippen LogP contribution in [0.1, 0.15) is 23.3 Å². The number of aromatic nitrogens is 2. The molecule has 0 radical (unpaired) electrons. The smallest absolute Gasteiger partial charge is 0.271 e. The summed E-state index contributed by atoms with van der Waals surface area (Å²) in [7, 11) is 0. The first kappa shape index (κ1) is 11.4. The molecule has 0 aliphatic carbocycles. The Morgan fingerprint density at radius 2 is 2.33 bits per heavy atom. The van der Waals surface area contributed by atoms with Gasteiger partial charge in [0.05, 0.1) is 6.07 Å². The fraction of sp³-hybridized carbons (Fsp3) is 0.333. The van der Waals surface area contributed by atoms with Gasteiger partial charge in [-0.1, -0.05) is 11.6 Å². The fourth-order valence-corrected chi connectivity index (χ4v) is 0.998. The third-order valence-electron chi connectivity index (χ3n) is 1.62. The van der Waals surface area contributed by atoms with Crippen molar-refractivity contribution in [3.63, 3.8) is 0 Å². The number of halogens is 1. The van der Waals surface area contributed by atoms with Crippen molar-refractivity contribution >= 4 is 17.5 Å².